The van der Waals surface area contributed by atoms with Crippen molar-refractivity contribution < 1.29 is 4.74 Å². The Bertz CT molecular complexity index is 400. The zero-order valence-electron chi connectivity index (χ0n) is 11.9. The first kappa shape index (κ1) is 13.8. The lowest BCUT2D eigenvalue weighted by atomic mass is 9.81. The SMILES string of the molecule is CC.CC(C)C1=CC(C)(C)c2ccccc2O1. The van der Waals surface area contributed by atoms with Gasteiger partial charge in [-0.25, -0.2) is 0 Å². The summed E-state index contributed by atoms with van der Waals surface area (Å²) in [6.07, 6.45) is 2.24. The predicted octanol–water partition coefficient (Wildman–Crippen LogP) is 4.92. The van der Waals surface area contributed by atoms with Crippen LogP contribution in [0.25, 0.3) is 0 Å². The zero-order chi connectivity index (χ0) is 13.1. The third kappa shape index (κ3) is 2.91. The van der Waals surface area contributed by atoms with E-state index in [-0.39, 0.29) is 5.41 Å². The van der Waals surface area contributed by atoms with Crippen LogP contribution >= 0.6 is 0 Å². The summed E-state index contributed by atoms with van der Waals surface area (Å²) >= 11 is 0. The van der Waals surface area contributed by atoms with Crippen molar-refractivity contribution in [2.75, 3.05) is 0 Å². The molecule has 0 amide bonds. The number of benzene rings is 1. The summed E-state index contributed by atoms with van der Waals surface area (Å²) in [6, 6.07) is 8.28. The monoisotopic (exact) mass is 232 g/mol. The van der Waals surface area contributed by atoms with Gasteiger partial charge in [0.2, 0.25) is 0 Å². The van der Waals surface area contributed by atoms with Gasteiger partial charge in [0.05, 0.1) is 0 Å². The second-order valence-electron chi connectivity index (χ2n) is 5.02. The number of hydrogen-bond donors (Lipinski definition) is 0. The smallest absolute Gasteiger partial charge is 0.130 e. The molecule has 2 rings (SSSR count). The van der Waals surface area contributed by atoms with E-state index < -0.39 is 0 Å². The number of hydrogen-bond acceptors (Lipinski definition) is 1. The minimum atomic E-state index is 0.0778. The fourth-order valence-corrected chi connectivity index (χ4v) is 1.96. The van der Waals surface area contributed by atoms with Crippen molar-refractivity contribution in [3.8, 4) is 5.75 Å². The van der Waals surface area contributed by atoms with Crippen molar-refractivity contribution in [1.82, 2.24) is 0 Å². The van der Waals surface area contributed by atoms with Crippen molar-refractivity contribution in [3.05, 3.63) is 41.7 Å². The molecule has 0 spiro atoms. The number of ether oxygens (including phenoxy) is 1. The fraction of sp³-hybridized carbons (Fsp3) is 0.500. The van der Waals surface area contributed by atoms with Gasteiger partial charge in [-0.3, -0.25) is 0 Å². The lowest BCUT2D eigenvalue weighted by Crippen LogP contribution is -2.23. The maximum absolute atomic E-state index is 5.89. The van der Waals surface area contributed by atoms with E-state index in [9.17, 15) is 0 Å². The molecule has 0 radical (unpaired) electrons. The summed E-state index contributed by atoms with van der Waals surface area (Å²) < 4.78 is 5.89. The Balaban J connectivity index is 0.000000686. The molecule has 1 aliphatic heterocycles. The second-order valence-corrected chi connectivity index (χ2v) is 5.02. The molecule has 0 atom stereocenters. The van der Waals surface area contributed by atoms with Crippen LogP contribution in [0, 0.1) is 5.92 Å². The minimum Gasteiger partial charge on any atom is -0.461 e. The number of allylic oxidation sites excluding steroid dienone is 2. The quantitative estimate of drug-likeness (QED) is 0.667. The van der Waals surface area contributed by atoms with Crippen LogP contribution in [0.1, 0.15) is 47.1 Å². The Labute approximate surface area is 106 Å². The molecule has 94 valence electrons. The highest BCUT2D eigenvalue weighted by molar-refractivity contribution is 5.45. The van der Waals surface area contributed by atoms with E-state index in [1.807, 2.05) is 26.0 Å². The molecule has 0 fully saturated rings. The van der Waals surface area contributed by atoms with Gasteiger partial charge in [0.15, 0.2) is 0 Å². The molecule has 1 aliphatic rings. The largest absolute Gasteiger partial charge is 0.461 e. The van der Waals surface area contributed by atoms with Gasteiger partial charge in [-0.1, -0.05) is 59.7 Å². The van der Waals surface area contributed by atoms with Gasteiger partial charge in [-0.15, -0.1) is 0 Å². The molecule has 1 heteroatoms. The average molecular weight is 232 g/mol. The highest BCUT2D eigenvalue weighted by atomic mass is 16.5. The van der Waals surface area contributed by atoms with Crippen molar-refractivity contribution in [2.45, 2.75) is 47.0 Å². The second kappa shape index (κ2) is 5.39. The van der Waals surface area contributed by atoms with Crippen LogP contribution in [0.5, 0.6) is 5.75 Å². The summed E-state index contributed by atoms with van der Waals surface area (Å²) in [6.45, 7) is 12.8. The standard InChI is InChI=1S/C14H18O.C2H6/c1-10(2)13-9-14(3,4)11-7-5-6-8-12(11)15-13;1-2/h5-10H,1-4H3;1-2H3. The van der Waals surface area contributed by atoms with Crippen LogP contribution in [-0.4, -0.2) is 0 Å². The Kier molecular flexibility index (Phi) is 4.39. The third-order valence-electron chi connectivity index (χ3n) is 2.88. The highest BCUT2D eigenvalue weighted by Gasteiger charge is 2.28. The van der Waals surface area contributed by atoms with Gasteiger partial charge in [-0.05, 0) is 12.1 Å². The van der Waals surface area contributed by atoms with Crippen LogP contribution in [0.3, 0.4) is 0 Å². The molecule has 1 aromatic carbocycles. The van der Waals surface area contributed by atoms with Gasteiger partial charge in [0.25, 0.3) is 0 Å². The maximum Gasteiger partial charge on any atom is 0.130 e. The number of fused-ring (bicyclic) bond motifs is 1. The topological polar surface area (TPSA) is 9.23 Å². The van der Waals surface area contributed by atoms with Gasteiger partial charge >= 0.3 is 0 Å². The molecular formula is C16H24O. The van der Waals surface area contributed by atoms with Crippen LogP contribution in [0.4, 0.5) is 0 Å². The van der Waals surface area contributed by atoms with Crippen molar-refractivity contribution in [1.29, 1.82) is 0 Å². The van der Waals surface area contributed by atoms with Gasteiger partial charge in [0, 0.05) is 16.9 Å². The summed E-state index contributed by atoms with van der Waals surface area (Å²) in [5, 5.41) is 0. The molecule has 1 nitrogen and oxygen atoms in total. The van der Waals surface area contributed by atoms with E-state index in [4.69, 9.17) is 4.74 Å². The summed E-state index contributed by atoms with van der Waals surface area (Å²) in [7, 11) is 0. The minimum absolute atomic E-state index is 0.0778. The molecule has 0 unspecified atom stereocenters. The summed E-state index contributed by atoms with van der Waals surface area (Å²) in [5.74, 6) is 2.53. The van der Waals surface area contributed by atoms with E-state index in [2.05, 4.69) is 45.9 Å². The molecule has 0 aliphatic carbocycles. The fourth-order valence-electron chi connectivity index (χ4n) is 1.96. The Hall–Kier alpha value is -1.24. The van der Waals surface area contributed by atoms with Crippen LogP contribution < -0.4 is 4.74 Å². The molecule has 0 N–H and O–H groups in total. The van der Waals surface area contributed by atoms with Crippen molar-refractivity contribution >= 4 is 0 Å². The number of rotatable bonds is 1. The van der Waals surface area contributed by atoms with Gasteiger partial charge in [0.1, 0.15) is 11.5 Å². The maximum atomic E-state index is 5.89. The van der Waals surface area contributed by atoms with E-state index in [0.717, 1.165) is 11.5 Å². The highest BCUT2D eigenvalue weighted by Crippen LogP contribution is 2.39. The van der Waals surface area contributed by atoms with Gasteiger partial charge < -0.3 is 4.74 Å². The van der Waals surface area contributed by atoms with E-state index in [0.29, 0.717) is 5.92 Å². The predicted molar refractivity (Wildman–Crippen MR) is 74.4 cm³/mol. The molecule has 0 saturated carbocycles. The third-order valence-corrected chi connectivity index (χ3v) is 2.88. The molecule has 0 saturated heterocycles. The molecule has 0 bridgehead atoms. The first-order valence-corrected chi connectivity index (χ1v) is 6.51. The molecular weight excluding hydrogens is 208 g/mol. The molecule has 1 aromatic rings. The van der Waals surface area contributed by atoms with Crippen molar-refractivity contribution in [2.24, 2.45) is 5.92 Å². The van der Waals surface area contributed by atoms with E-state index >= 15 is 0 Å². The van der Waals surface area contributed by atoms with Gasteiger partial charge in [-0.2, -0.15) is 0 Å². The average Bonchev–Trinajstić information content (AvgIpc) is 2.31. The van der Waals surface area contributed by atoms with E-state index in [1.165, 1.54) is 5.56 Å². The molecule has 1 heterocycles. The number of para-hydroxylation sites is 1. The normalized spacial score (nSPS) is 16.3. The van der Waals surface area contributed by atoms with Crippen molar-refractivity contribution in [3.63, 3.8) is 0 Å². The van der Waals surface area contributed by atoms with Crippen LogP contribution in [0.15, 0.2) is 36.1 Å². The molecule has 0 aromatic heterocycles. The molecule has 17 heavy (non-hydrogen) atoms. The Morgan fingerprint density at radius 1 is 1.06 bits per heavy atom. The van der Waals surface area contributed by atoms with Crippen LogP contribution in [0.2, 0.25) is 0 Å². The van der Waals surface area contributed by atoms with E-state index in [1.54, 1.807) is 0 Å². The lowest BCUT2D eigenvalue weighted by molar-refractivity contribution is 0.334. The summed E-state index contributed by atoms with van der Waals surface area (Å²) in [5.41, 5.74) is 1.35. The lowest BCUT2D eigenvalue weighted by Gasteiger charge is -2.31. The zero-order valence-corrected chi connectivity index (χ0v) is 11.9. The first-order chi connectivity index (χ1) is 8.00. The van der Waals surface area contributed by atoms with Crippen LogP contribution in [-0.2, 0) is 5.41 Å². The summed E-state index contributed by atoms with van der Waals surface area (Å²) in [4.78, 5) is 0. The first-order valence-electron chi connectivity index (χ1n) is 6.51. The Morgan fingerprint density at radius 3 is 2.24 bits per heavy atom. The Morgan fingerprint density at radius 2 is 1.65 bits per heavy atom.